The lowest BCUT2D eigenvalue weighted by atomic mass is 10.0. The minimum atomic E-state index is -4.60. The summed E-state index contributed by atoms with van der Waals surface area (Å²) < 4.78 is 38.7. The summed E-state index contributed by atoms with van der Waals surface area (Å²) in [4.78, 5) is 23.1. The van der Waals surface area contributed by atoms with Gasteiger partial charge < -0.3 is 16.4 Å². The summed E-state index contributed by atoms with van der Waals surface area (Å²) in [5, 5.41) is 4.70. The molecule has 0 aliphatic rings. The molecule has 5 nitrogen and oxygen atoms in total. The van der Waals surface area contributed by atoms with Crippen LogP contribution >= 0.6 is 0 Å². The molecule has 2 amide bonds. The number of hydrogen-bond donors (Lipinski definition) is 3. The fourth-order valence-corrected chi connectivity index (χ4v) is 1.56. The zero-order valence-corrected chi connectivity index (χ0v) is 11.8. The van der Waals surface area contributed by atoms with Crippen LogP contribution in [0.25, 0.3) is 0 Å². The highest BCUT2D eigenvalue weighted by atomic mass is 19.4. The molecule has 0 saturated carbocycles. The molecular weight excluding hydrogens is 287 g/mol. The Morgan fingerprint density at radius 3 is 2.19 bits per heavy atom. The van der Waals surface area contributed by atoms with Gasteiger partial charge in [-0.1, -0.05) is 0 Å². The Morgan fingerprint density at radius 2 is 1.76 bits per heavy atom. The van der Waals surface area contributed by atoms with Gasteiger partial charge in [-0.15, -0.1) is 0 Å². The van der Waals surface area contributed by atoms with Crippen LogP contribution in [0.2, 0.25) is 0 Å². The highest BCUT2D eigenvalue weighted by molar-refractivity contribution is 5.99. The van der Waals surface area contributed by atoms with Crippen LogP contribution in [-0.4, -0.2) is 24.4 Å². The number of carbonyl (C=O) groups excluding carboxylic acids is 2. The van der Waals surface area contributed by atoms with Crippen LogP contribution in [0.3, 0.4) is 0 Å². The molecule has 0 unspecified atom stereocenters. The normalized spacial score (nSPS) is 11.9. The monoisotopic (exact) mass is 303 g/mol. The van der Waals surface area contributed by atoms with Crippen LogP contribution in [0, 0.1) is 0 Å². The van der Waals surface area contributed by atoms with Crippen LogP contribution < -0.4 is 16.4 Å². The molecule has 0 bridgehead atoms. The molecule has 0 aromatic heterocycles. The van der Waals surface area contributed by atoms with Gasteiger partial charge in [0.15, 0.2) is 0 Å². The molecule has 1 rings (SSSR count). The fourth-order valence-electron chi connectivity index (χ4n) is 1.56. The van der Waals surface area contributed by atoms with Gasteiger partial charge in [0, 0.05) is 18.3 Å². The molecule has 1 aromatic rings. The first-order valence-electron chi connectivity index (χ1n) is 6.00. The number of benzene rings is 1. The van der Waals surface area contributed by atoms with Gasteiger partial charge in [-0.2, -0.15) is 13.2 Å². The Labute approximate surface area is 119 Å². The van der Waals surface area contributed by atoms with Crippen molar-refractivity contribution in [2.45, 2.75) is 25.6 Å². The van der Waals surface area contributed by atoms with Crippen LogP contribution in [-0.2, 0) is 11.0 Å². The average molecular weight is 303 g/mol. The van der Waals surface area contributed by atoms with Crippen molar-refractivity contribution in [1.82, 2.24) is 5.32 Å². The SMILES string of the molecule is CNc1ccc(C(=O)NC(C)(C)C(N)=O)cc1C(F)(F)F. The van der Waals surface area contributed by atoms with Crippen molar-refractivity contribution in [3.63, 3.8) is 0 Å². The molecule has 8 heteroatoms. The fraction of sp³-hybridized carbons (Fsp3) is 0.385. The van der Waals surface area contributed by atoms with E-state index >= 15 is 0 Å². The van der Waals surface area contributed by atoms with E-state index in [1.54, 1.807) is 0 Å². The Morgan fingerprint density at radius 1 is 1.19 bits per heavy atom. The molecule has 0 fully saturated rings. The third kappa shape index (κ3) is 3.87. The van der Waals surface area contributed by atoms with Gasteiger partial charge in [-0.3, -0.25) is 9.59 Å². The Hall–Kier alpha value is -2.25. The summed E-state index contributed by atoms with van der Waals surface area (Å²) >= 11 is 0. The van der Waals surface area contributed by atoms with Gasteiger partial charge in [-0.05, 0) is 32.0 Å². The van der Waals surface area contributed by atoms with Crippen LogP contribution in [0.1, 0.15) is 29.8 Å². The van der Waals surface area contributed by atoms with E-state index in [0.29, 0.717) is 0 Å². The summed E-state index contributed by atoms with van der Waals surface area (Å²) in [5.41, 5.74) is 2.41. The number of alkyl halides is 3. The molecule has 0 heterocycles. The van der Waals surface area contributed by atoms with Gasteiger partial charge in [0.25, 0.3) is 5.91 Å². The summed E-state index contributed by atoms with van der Waals surface area (Å²) in [6.07, 6.45) is -4.60. The maximum absolute atomic E-state index is 12.9. The second kappa shape index (κ2) is 5.63. The number of hydrogen-bond acceptors (Lipinski definition) is 3. The Kier molecular flexibility index (Phi) is 4.50. The number of nitrogens with two attached hydrogens (primary N) is 1. The van der Waals surface area contributed by atoms with Crippen LogP contribution in [0.4, 0.5) is 18.9 Å². The first kappa shape index (κ1) is 16.8. The van der Waals surface area contributed by atoms with Gasteiger partial charge in [0.1, 0.15) is 5.54 Å². The second-order valence-electron chi connectivity index (χ2n) is 4.95. The van der Waals surface area contributed by atoms with Crippen LogP contribution in [0.15, 0.2) is 18.2 Å². The number of carbonyl (C=O) groups is 2. The smallest absolute Gasteiger partial charge is 0.388 e. The minimum absolute atomic E-state index is 0.145. The van der Waals surface area contributed by atoms with E-state index in [-0.39, 0.29) is 11.3 Å². The number of anilines is 1. The summed E-state index contributed by atoms with van der Waals surface area (Å²) in [7, 11) is 1.35. The Bertz CT molecular complexity index is 568. The summed E-state index contributed by atoms with van der Waals surface area (Å²) in [6.45, 7) is 2.72. The molecule has 0 saturated heterocycles. The molecule has 0 aliphatic heterocycles. The maximum atomic E-state index is 12.9. The first-order valence-corrected chi connectivity index (χ1v) is 6.00. The van der Waals surface area contributed by atoms with E-state index in [1.165, 1.54) is 27.0 Å². The van der Waals surface area contributed by atoms with Crippen molar-refractivity contribution in [3.8, 4) is 0 Å². The van der Waals surface area contributed by atoms with E-state index in [2.05, 4.69) is 10.6 Å². The van der Waals surface area contributed by atoms with Crippen molar-refractivity contribution in [2.24, 2.45) is 5.73 Å². The first-order chi connectivity index (χ1) is 9.49. The van der Waals surface area contributed by atoms with Crippen molar-refractivity contribution in [1.29, 1.82) is 0 Å². The largest absolute Gasteiger partial charge is 0.418 e. The Balaban J connectivity index is 3.16. The lowest BCUT2D eigenvalue weighted by Crippen LogP contribution is -2.53. The maximum Gasteiger partial charge on any atom is 0.418 e. The topological polar surface area (TPSA) is 84.2 Å². The van der Waals surface area contributed by atoms with Crippen molar-refractivity contribution in [2.75, 3.05) is 12.4 Å². The van der Waals surface area contributed by atoms with Crippen LogP contribution in [0.5, 0.6) is 0 Å². The molecule has 0 atom stereocenters. The molecule has 116 valence electrons. The number of halogens is 3. The molecule has 1 aromatic carbocycles. The predicted molar refractivity (Wildman–Crippen MR) is 71.7 cm³/mol. The van der Waals surface area contributed by atoms with E-state index < -0.39 is 29.1 Å². The van der Waals surface area contributed by atoms with Crippen molar-refractivity contribution < 1.29 is 22.8 Å². The number of amides is 2. The molecule has 21 heavy (non-hydrogen) atoms. The van der Waals surface area contributed by atoms with Gasteiger partial charge >= 0.3 is 6.18 Å². The quantitative estimate of drug-likeness (QED) is 0.792. The number of nitrogens with one attached hydrogen (secondary N) is 2. The van der Waals surface area contributed by atoms with Crippen molar-refractivity contribution >= 4 is 17.5 Å². The minimum Gasteiger partial charge on any atom is -0.388 e. The van der Waals surface area contributed by atoms with E-state index in [1.807, 2.05) is 0 Å². The molecule has 0 aliphatic carbocycles. The highest BCUT2D eigenvalue weighted by Gasteiger charge is 2.35. The standard InChI is InChI=1S/C13H16F3N3O2/c1-12(2,11(17)21)19-10(20)7-4-5-9(18-3)8(6-7)13(14,15)16/h4-6,18H,1-3H3,(H2,17,21)(H,19,20). The predicted octanol–water partition coefficient (Wildman–Crippen LogP) is 1.74. The third-order valence-electron chi connectivity index (χ3n) is 2.90. The summed E-state index contributed by atoms with van der Waals surface area (Å²) in [6, 6.07) is 3.10. The number of rotatable bonds is 4. The van der Waals surface area contributed by atoms with Gasteiger partial charge in [0.05, 0.1) is 5.56 Å². The molecule has 0 radical (unpaired) electrons. The average Bonchev–Trinajstić information content (AvgIpc) is 2.36. The van der Waals surface area contributed by atoms with Gasteiger partial charge in [0.2, 0.25) is 5.91 Å². The van der Waals surface area contributed by atoms with Gasteiger partial charge in [-0.25, -0.2) is 0 Å². The number of primary amides is 1. The molecular formula is C13H16F3N3O2. The van der Waals surface area contributed by atoms with E-state index in [4.69, 9.17) is 5.73 Å². The van der Waals surface area contributed by atoms with E-state index in [9.17, 15) is 22.8 Å². The summed E-state index contributed by atoms with van der Waals surface area (Å²) in [5.74, 6) is -1.61. The van der Waals surface area contributed by atoms with Crippen molar-refractivity contribution in [3.05, 3.63) is 29.3 Å². The zero-order valence-electron chi connectivity index (χ0n) is 11.8. The zero-order chi connectivity index (χ0) is 16.4. The lowest BCUT2D eigenvalue weighted by molar-refractivity contribution is -0.137. The molecule has 0 spiro atoms. The highest BCUT2D eigenvalue weighted by Crippen LogP contribution is 2.35. The molecule has 4 N–H and O–H groups in total. The van der Waals surface area contributed by atoms with E-state index in [0.717, 1.165) is 12.1 Å². The third-order valence-corrected chi connectivity index (χ3v) is 2.90. The second-order valence-corrected chi connectivity index (χ2v) is 4.95. The lowest BCUT2D eigenvalue weighted by Gasteiger charge is -2.22.